The summed E-state index contributed by atoms with van der Waals surface area (Å²) in [4.78, 5) is 48.3. The Labute approximate surface area is 256 Å². The summed E-state index contributed by atoms with van der Waals surface area (Å²) in [7, 11) is 0. The van der Waals surface area contributed by atoms with E-state index in [1.54, 1.807) is 32.9 Å². The SMILES string of the molecule is CCOc1ccc(N2CC=C[C@]3(C)O[C@]45C=CCN(c6ccccc6Cl)C(=O)C4N(CCCCO)C(=O)[C@@H]5[C@@H]3C2=O)cc1. The number of rotatable bonds is 8. The number of carbonyl (C=O) groups is 3. The van der Waals surface area contributed by atoms with Crippen LogP contribution >= 0.6 is 11.6 Å². The maximum Gasteiger partial charge on any atom is 0.253 e. The number of hydrogen-bond donors (Lipinski definition) is 1. The predicted octanol–water partition coefficient (Wildman–Crippen LogP) is 3.99. The van der Waals surface area contributed by atoms with Gasteiger partial charge in [0.25, 0.3) is 5.91 Å². The van der Waals surface area contributed by atoms with Crippen molar-refractivity contribution in [2.75, 3.05) is 42.6 Å². The molecular formula is C33H36ClN3O6. The number of aliphatic hydroxyl groups excluding tert-OH is 1. The molecule has 1 spiro atoms. The molecule has 2 saturated heterocycles. The van der Waals surface area contributed by atoms with Crippen LogP contribution in [0, 0.1) is 11.8 Å². The van der Waals surface area contributed by atoms with Crippen LogP contribution in [0.1, 0.15) is 26.7 Å². The third-order valence-corrected chi connectivity index (χ3v) is 9.29. The van der Waals surface area contributed by atoms with Gasteiger partial charge in [0.15, 0.2) is 0 Å². The zero-order valence-corrected chi connectivity index (χ0v) is 25.1. The Morgan fingerprint density at radius 3 is 2.37 bits per heavy atom. The van der Waals surface area contributed by atoms with Crippen LogP contribution in [0.25, 0.3) is 0 Å². The van der Waals surface area contributed by atoms with Crippen molar-refractivity contribution in [2.45, 2.75) is 43.9 Å². The van der Waals surface area contributed by atoms with Gasteiger partial charge < -0.3 is 29.3 Å². The molecule has 0 radical (unpaired) electrons. The van der Waals surface area contributed by atoms with E-state index >= 15 is 0 Å². The van der Waals surface area contributed by atoms with E-state index in [1.165, 1.54) is 0 Å². The smallest absolute Gasteiger partial charge is 0.253 e. The average Bonchev–Trinajstić information content (AvgIpc) is 3.25. The average molecular weight is 606 g/mol. The zero-order valence-electron chi connectivity index (χ0n) is 24.3. The fourth-order valence-corrected chi connectivity index (χ4v) is 7.40. The number of benzene rings is 2. The number of hydrogen-bond acceptors (Lipinski definition) is 6. The minimum Gasteiger partial charge on any atom is -0.494 e. The fourth-order valence-electron chi connectivity index (χ4n) is 7.16. The minimum atomic E-state index is -1.37. The predicted molar refractivity (Wildman–Crippen MR) is 163 cm³/mol. The monoisotopic (exact) mass is 605 g/mol. The molecule has 2 fully saturated rings. The standard InChI is InChI=1S/C33H36ClN3O6/c1-3-42-23-14-12-22(13-15-23)35-19-8-16-32(2)26(29(35)39)27-30(40)37(18-6-7-21-38)28-31(41)36(20-9-17-33(27,28)43-32)25-11-5-4-10-24(25)34/h4-5,8-17,26-28,38H,3,6-7,18-21H2,1-2H3/t26-,27+,28?,32+,33+/m1/s1. The van der Waals surface area contributed by atoms with Gasteiger partial charge in [-0.15, -0.1) is 0 Å². The first-order chi connectivity index (χ1) is 20.8. The first-order valence-corrected chi connectivity index (χ1v) is 15.2. The van der Waals surface area contributed by atoms with Crippen molar-refractivity contribution in [1.82, 2.24) is 4.90 Å². The largest absolute Gasteiger partial charge is 0.494 e. The molecule has 1 unspecified atom stereocenters. The van der Waals surface area contributed by atoms with Gasteiger partial charge in [-0.25, -0.2) is 0 Å². The van der Waals surface area contributed by atoms with Gasteiger partial charge in [0.2, 0.25) is 11.8 Å². The van der Waals surface area contributed by atoms with Crippen LogP contribution < -0.4 is 14.5 Å². The highest BCUT2D eigenvalue weighted by atomic mass is 35.5. The Balaban J connectivity index is 1.43. The first-order valence-electron chi connectivity index (χ1n) is 14.8. The summed E-state index contributed by atoms with van der Waals surface area (Å²) >= 11 is 6.53. The number of carbonyl (C=O) groups excluding carboxylic acids is 3. The van der Waals surface area contributed by atoms with Crippen molar-refractivity contribution in [3.05, 3.63) is 77.9 Å². The Morgan fingerprint density at radius 1 is 0.930 bits per heavy atom. The molecule has 0 saturated carbocycles. The number of para-hydroxylation sites is 1. The number of halogens is 1. The van der Waals surface area contributed by atoms with Crippen LogP contribution in [0.5, 0.6) is 5.75 Å². The second-order valence-electron chi connectivity index (χ2n) is 11.5. The van der Waals surface area contributed by atoms with E-state index in [-0.39, 0.29) is 37.4 Å². The van der Waals surface area contributed by atoms with Gasteiger partial charge in [0, 0.05) is 31.9 Å². The summed E-state index contributed by atoms with van der Waals surface area (Å²) in [6, 6.07) is 13.4. The molecule has 0 bridgehead atoms. The quantitative estimate of drug-likeness (QED) is 0.361. The maximum absolute atomic E-state index is 14.5. The van der Waals surface area contributed by atoms with Crippen LogP contribution in [0.3, 0.4) is 0 Å². The summed E-state index contributed by atoms with van der Waals surface area (Å²) < 4.78 is 12.5. The second kappa shape index (κ2) is 11.4. The summed E-state index contributed by atoms with van der Waals surface area (Å²) in [6.45, 7) is 5.04. The molecule has 9 nitrogen and oxygen atoms in total. The van der Waals surface area contributed by atoms with Crippen molar-refractivity contribution >= 4 is 40.7 Å². The first kappa shape index (κ1) is 29.4. The van der Waals surface area contributed by atoms with Crippen LogP contribution in [-0.4, -0.2) is 77.8 Å². The molecule has 4 heterocycles. The normalized spacial score (nSPS) is 29.8. The number of amides is 3. The third-order valence-electron chi connectivity index (χ3n) is 8.97. The van der Waals surface area contributed by atoms with E-state index in [0.717, 1.165) is 0 Å². The number of ether oxygens (including phenoxy) is 2. The fraction of sp³-hybridized carbons (Fsp3) is 0.424. The number of aliphatic hydroxyl groups is 1. The zero-order chi connectivity index (χ0) is 30.4. The number of fused-ring (bicyclic) bond motifs is 2. The van der Waals surface area contributed by atoms with E-state index in [4.69, 9.17) is 21.1 Å². The van der Waals surface area contributed by atoms with Crippen molar-refractivity contribution in [3.63, 3.8) is 0 Å². The van der Waals surface area contributed by atoms with E-state index in [1.807, 2.05) is 68.5 Å². The lowest BCUT2D eigenvalue weighted by Gasteiger charge is -2.37. The number of unbranched alkanes of at least 4 members (excludes halogenated alkanes) is 1. The lowest BCUT2D eigenvalue weighted by molar-refractivity contribution is -0.144. The Kier molecular flexibility index (Phi) is 7.83. The van der Waals surface area contributed by atoms with Gasteiger partial charge in [-0.05, 0) is 63.1 Å². The van der Waals surface area contributed by atoms with E-state index in [0.29, 0.717) is 48.1 Å². The van der Waals surface area contributed by atoms with Gasteiger partial charge in [-0.3, -0.25) is 14.4 Å². The van der Waals surface area contributed by atoms with E-state index < -0.39 is 29.1 Å². The molecule has 4 aliphatic heterocycles. The van der Waals surface area contributed by atoms with Crippen LogP contribution in [0.15, 0.2) is 72.8 Å². The van der Waals surface area contributed by atoms with Crippen LogP contribution in [0.4, 0.5) is 11.4 Å². The molecule has 226 valence electrons. The Bertz CT molecular complexity index is 1480. The number of anilines is 2. The molecule has 3 amide bonds. The van der Waals surface area contributed by atoms with Crippen LogP contribution in [-0.2, 0) is 19.1 Å². The topological polar surface area (TPSA) is 99.6 Å². The summed E-state index contributed by atoms with van der Waals surface area (Å²) in [5, 5.41) is 9.88. The van der Waals surface area contributed by atoms with Crippen molar-refractivity contribution < 1.29 is 29.0 Å². The highest BCUT2D eigenvalue weighted by Crippen LogP contribution is 2.58. The number of likely N-dealkylation sites (tertiary alicyclic amines) is 1. The summed E-state index contributed by atoms with van der Waals surface area (Å²) in [5.41, 5.74) is -1.28. The molecule has 0 aromatic heterocycles. The van der Waals surface area contributed by atoms with Crippen molar-refractivity contribution in [3.8, 4) is 5.75 Å². The Morgan fingerprint density at radius 2 is 1.65 bits per heavy atom. The molecule has 1 N–H and O–H groups in total. The maximum atomic E-state index is 14.5. The highest BCUT2D eigenvalue weighted by molar-refractivity contribution is 6.34. The minimum absolute atomic E-state index is 0.0294. The van der Waals surface area contributed by atoms with Crippen LogP contribution in [0.2, 0.25) is 5.02 Å². The lowest BCUT2D eigenvalue weighted by Crippen LogP contribution is -2.56. The molecule has 2 aromatic rings. The molecule has 4 aliphatic rings. The molecule has 6 rings (SSSR count). The molecule has 5 atom stereocenters. The summed E-state index contributed by atoms with van der Waals surface area (Å²) in [5.74, 6) is -1.96. The molecule has 10 heteroatoms. The molecule has 43 heavy (non-hydrogen) atoms. The van der Waals surface area contributed by atoms with E-state index in [2.05, 4.69) is 0 Å². The third kappa shape index (κ3) is 4.74. The van der Waals surface area contributed by atoms with Gasteiger partial charge in [-0.1, -0.05) is 48.0 Å². The van der Waals surface area contributed by atoms with Crippen molar-refractivity contribution in [1.29, 1.82) is 0 Å². The molecule has 0 aliphatic carbocycles. The highest BCUT2D eigenvalue weighted by Gasteiger charge is 2.74. The second-order valence-corrected chi connectivity index (χ2v) is 11.9. The van der Waals surface area contributed by atoms with Gasteiger partial charge in [0.05, 0.1) is 34.8 Å². The van der Waals surface area contributed by atoms with Gasteiger partial charge >= 0.3 is 0 Å². The van der Waals surface area contributed by atoms with Gasteiger partial charge in [-0.2, -0.15) is 0 Å². The van der Waals surface area contributed by atoms with Gasteiger partial charge in [0.1, 0.15) is 17.4 Å². The molecule has 2 aromatic carbocycles. The van der Waals surface area contributed by atoms with E-state index in [9.17, 15) is 19.5 Å². The summed E-state index contributed by atoms with van der Waals surface area (Å²) in [6.07, 6.45) is 8.39. The van der Waals surface area contributed by atoms with Crippen molar-refractivity contribution in [2.24, 2.45) is 11.8 Å². The lowest BCUT2D eigenvalue weighted by atomic mass is 9.74. The molecular weight excluding hydrogens is 570 g/mol. The Hall–Kier alpha value is -3.66. The number of nitrogens with zero attached hydrogens (tertiary/aromatic N) is 3.